The minimum atomic E-state index is 0.667. The van der Waals surface area contributed by atoms with Gasteiger partial charge >= 0.3 is 0 Å². The first kappa shape index (κ1) is 11.1. The van der Waals surface area contributed by atoms with Crippen LogP contribution in [0.3, 0.4) is 0 Å². The molecule has 88 valence electrons. The zero-order valence-corrected chi connectivity index (χ0v) is 11.3. The fraction of sp³-hybridized carbons (Fsp3) is 0.333. The molecular formula is C15H16BrN. The Hall–Kier alpha value is -1.02. The van der Waals surface area contributed by atoms with E-state index >= 15 is 0 Å². The molecule has 0 fully saturated rings. The van der Waals surface area contributed by atoms with Crippen LogP contribution in [0.1, 0.15) is 36.4 Å². The maximum atomic E-state index is 3.63. The number of allylic oxidation sites excluding steroid dienone is 1. The lowest BCUT2D eigenvalue weighted by Crippen LogP contribution is -2.08. The van der Waals surface area contributed by atoms with Crippen LogP contribution in [0.4, 0.5) is 0 Å². The van der Waals surface area contributed by atoms with Gasteiger partial charge in [-0.05, 0) is 42.3 Å². The highest BCUT2D eigenvalue weighted by molar-refractivity contribution is 9.11. The average Bonchev–Trinajstić information content (AvgIpc) is 2.75. The summed E-state index contributed by atoms with van der Waals surface area (Å²) in [4.78, 5) is 5.60. The van der Waals surface area contributed by atoms with Crippen molar-refractivity contribution in [3.63, 3.8) is 0 Å². The van der Waals surface area contributed by atoms with E-state index in [2.05, 4.69) is 51.3 Å². The van der Waals surface area contributed by atoms with Crippen LogP contribution in [0.25, 0.3) is 10.9 Å². The summed E-state index contributed by atoms with van der Waals surface area (Å²) in [6.45, 7) is 0. The lowest BCUT2D eigenvalue weighted by atomic mass is 9.85. The van der Waals surface area contributed by atoms with Crippen LogP contribution in [0.5, 0.6) is 0 Å². The molecule has 0 saturated heterocycles. The van der Waals surface area contributed by atoms with E-state index in [1.54, 1.807) is 5.56 Å². The second-order valence-electron chi connectivity index (χ2n) is 4.75. The van der Waals surface area contributed by atoms with Gasteiger partial charge in [-0.25, -0.2) is 0 Å². The quantitative estimate of drug-likeness (QED) is 0.810. The smallest absolute Gasteiger partial charge is 0.0459 e. The number of aryl methyl sites for hydroxylation is 1. The first-order chi connectivity index (χ1) is 8.40. The van der Waals surface area contributed by atoms with Crippen molar-refractivity contribution < 1.29 is 0 Å². The van der Waals surface area contributed by atoms with Crippen molar-refractivity contribution in [1.82, 2.24) is 4.98 Å². The Bertz CT molecular complexity index is 553. The Labute approximate surface area is 110 Å². The Morgan fingerprint density at radius 3 is 3.12 bits per heavy atom. The Morgan fingerprint density at radius 1 is 1.35 bits per heavy atom. The molecule has 1 N–H and O–H groups in total. The SMILES string of the molecule is Br/C=C/CC1CCCc2c1[nH]c1ccccc21. The van der Waals surface area contributed by atoms with Crippen LogP contribution >= 0.6 is 15.9 Å². The van der Waals surface area contributed by atoms with E-state index in [0.29, 0.717) is 5.92 Å². The van der Waals surface area contributed by atoms with Crippen molar-refractivity contribution in [2.24, 2.45) is 0 Å². The Kier molecular flexibility index (Phi) is 3.06. The first-order valence-corrected chi connectivity index (χ1v) is 7.16. The summed E-state index contributed by atoms with van der Waals surface area (Å²) in [6.07, 6.45) is 7.19. The van der Waals surface area contributed by atoms with E-state index in [1.165, 1.54) is 35.9 Å². The van der Waals surface area contributed by atoms with Crippen LogP contribution < -0.4 is 0 Å². The molecule has 0 aliphatic heterocycles. The molecule has 0 bridgehead atoms. The monoisotopic (exact) mass is 289 g/mol. The van der Waals surface area contributed by atoms with E-state index in [1.807, 2.05) is 4.99 Å². The largest absolute Gasteiger partial charge is 0.358 e. The molecule has 0 amide bonds. The van der Waals surface area contributed by atoms with E-state index in [9.17, 15) is 0 Å². The minimum absolute atomic E-state index is 0.667. The summed E-state index contributed by atoms with van der Waals surface area (Å²) in [5.41, 5.74) is 4.33. The summed E-state index contributed by atoms with van der Waals surface area (Å²) in [5, 5.41) is 1.43. The lowest BCUT2D eigenvalue weighted by molar-refractivity contribution is 0.550. The second kappa shape index (κ2) is 4.69. The molecule has 0 radical (unpaired) electrons. The second-order valence-corrected chi connectivity index (χ2v) is 5.28. The van der Waals surface area contributed by atoms with Crippen molar-refractivity contribution in [2.45, 2.75) is 31.6 Å². The zero-order valence-electron chi connectivity index (χ0n) is 9.75. The minimum Gasteiger partial charge on any atom is -0.358 e. The van der Waals surface area contributed by atoms with Gasteiger partial charge < -0.3 is 4.98 Å². The fourth-order valence-corrected chi connectivity index (χ4v) is 3.18. The van der Waals surface area contributed by atoms with Gasteiger partial charge in [-0.3, -0.25) is 0 Å². The number of fused-ring (bicyclic) bond motifs is 3. The topological polar surface area (TPSA) is 15.8 Å². The van der Waals surface area contributed by atoms with Crippen LogP contribution in [-0.2, 0) is 6.42 Å². The highest BCUT2D eigenvalue weighted by Crippen LogP contribution is 2.37. The molecule has 1 atom stereocenters. The number of hydrogen-bond acceptors (Lipinski definition) is 0. The summed E-state index contributed by atoms with van der Waals surface area (Å²) in [7, 11) is 0. The molecule has 1 aromatic carbocycles. The van der Waals surface area contributed by atoms with Gasteiger partial charge in [0.2, 0.25) is 0 Å². The predicted molar refractivity (Wildman–Crippen MR) is 76.7 cm³/mol. The zero-order chi connectivity index (χ0) is 11.7. The molecule has 1 aromatic heterocycles. The maximum absolute atomic E-state index is 3.63. The summed E-state index contributed by atoms with van der Waals surface area (Å²) in [5.74, 6) is 0.667. The molecule has 1 aliphatic carbocycles. The average molecular weight is 290 g/mol. The van der Waals surface area contributed by atoms with Gasteiger partial charge in [0, 0.05) is 22.5 Å². The highest BCUT2D eigenvalue weighted by atomic mass is 79.9. The molecule has 2 aromatic rings. The number of aromatic nitrogens is 1. The van der Waals surface area contributed by atoms with Crippen molar-refractivity contribution in [2.75, 3.05) is 0 Å². The third-order valence-corrected chi connectivity index (χ3v) is 4.12. The van der Waals surface area contributed by atoms with E-state index in [4.69, 9.17) is 0 Å². The van der Waals surface area contributed by atoms with Gasteiger partial charge in [0.15, 0.2) is 0 Å². The van der Waals surface area contributed by atoms with Gasteiger partial charge in [0.25, 0.3) is 0 Å². The number of hydrogen-bond donors (Lipinski definition) is 1. The number of halogens is 1. The number of rotatable bonds is 2. The molecule has 1 aliphatic rings. The van der Waals surface area contributed by atoms with Crippen molar-refractivity contribution in [1.29, 1.82) is 0 Å². The molecule has 0 spiro atoms. The molecular weight excluding hydrogens is 274 g/mol. The maximum Gasteiger partial charge on any atom is 0.0459 e. The van der Waals surface area contributed by atoms with Crippen molar-refractivity contribution in [3.05, 3.63) is 46.6 Å². The first-order valence-electron chi connectivity index (χ1n) is 6.25. The van der Waals surface area contributed by atoms with Crippen LogP contribution in [-0.4, -0.2) is 4.98 Å². The Morgan fingerprint density at radius 2 is 2.24 bits per heavy atom. The molecule has 0 saturated carbocycles. The predicted octanol–water partition coefficient (Wildman–Crippen LogP) is 4.89. The molecule has 2 heteroatoms. The van der Waals surface area contributed by atoms with E-state index in [0.717, 1.165) is 6.42 Å². The lowest BCUT2D eigenvalue weighted by Gasteiger charge is -2.21. The molecule has 1 heterocycles. The van der Waals surface area contributed by atoms with E-state index < -0.39 is 0 Å². The third-order valence-electron chi connectivity index (χ3n) is 3.74. The Balaban J connectivity index is 2.07. The molecule has 3 rings (SSSR count). The van der Waals surface area contributed by atoms with Crippen molar-refractivity contribution in [3.8, 4) is 0 Å². The number of H-pyrrole nitrogens is 1. The molecule has 17 heavy (non-hydrogen) atoms. The van der Waals surface area contributed by atoms with Crippen LogP contribution in [0.15, 0.2) is 35.3 Å². The number of para-hydroxylation sites is 1. The van der Waals surface area contributed by atoms with Gasteiger partial charge in [-0.15, -0.1) is 0 Å². The number of benzene rings is 1. The highest BCUT2D eigenvalue weighted by Gasteiger charge is 2.22. The fourth-order valence-electron chi connectivity index (χ4n) is 2.96. The number of aromatic amines is 1. The molecule has 1 unspecified atom stereocenters. The van der Waals surface area contributed by atoms with Gasteiger partial charge in [-0.2, -0.15) is 0 Å². The van der Waals surface area contributed by atoms with Gasteiger partial charge in [-0.1, -0.05) is 40.2 Å². The molecule has 1 nitrogen and oxygen atoms in total. The summed E-state index contributed by atoms with van der Waals surface area (Å²) < 4.78 is 0. The van der Waals surface area contributed by atoms with Gasteiger partial charge in [0.1, 0.15) is 0 Å². The van der Waals surface area contributed by atoms with Crippen LogP contribution in [0.2, 0.25) is 0 Å². The van der Waals surface area contributed by atoms with Crippen molar-refractivity contribution >= 4 is 26.8 Å². The standard InChI is InChI=1S/C15H16BrN/c16-10-4-6-11-5-3-8-13-12-7-1-2-9-14(12)17-15(11)13/h1-2,4,7,9-11,17H,3,5-6,8H2/b10-4+. The normalized spacial score (nSPS) is 19.9. The number of nitrogens with one attached hydrogen (secondary N) is 1. The summed E-state index contributed by atoms with van der Waals surface area (Å²) >= 11 is 3.36. The summed E-state index contributed by atoms with van der Waals surface area (Å²) in [6, 6.07) is 8.68. The van der Waals surface area contributed by atoms with Crippen LogP contribution in [0, 0.1) is 0 Å². The van der Waals surface area contributed by atoms with Gasteiger partial charge in [0.05, 0.1) is 0 Å². The van der Waals surface area contributed by atoms with E-state index in [-0.39, 0.29) is 0 Å². The third kappa shape index (κ3) is 1.95.